The zero-order valence-electron chi connectivity index (χ0n) is 65.0. The summed E-state index contributed by atoms with van der Waals surface area (Å²) in [4.78, 5) is 72.9. The molecule has 0 aromatic carbocycles. The van der Waals surface area contributed by atoms with Gasteiger partial charge in [-0.25, -0.2) is 9.13 Å². The molecule has 17 nitrogen and oxygen atoms in total. The number of carbonyl (C=O) groups is 4. The van der Waals surface area contributed by atoms with Crippen LogP contribution in [-0.4, -0.2) is 96.7 Å². The van der Waals surface area contributed by atoms with Gasteiger partial charge in [0.15, 0.2) is 12.2 Å². The molecule has 0 aromatic rings. The van der Waals surface area contributed by atoms with Gasteiger partial charge in [-0.3, -0.25) is 37.3 Å². The molecule has 0 bridgehead atoms. The fraction of sp³-hybridized carbons (Fsp3) is 0.950. The van der Waals surface area contributed by atoms with E-state index < -0.39 is 97.5 Å². The molecule has 0 spiro atoms. The average Bonchev–Trinajstić information content (AvgIpc) is 0.955. The molecule has 0 aliphatic carbocycles. The number of hydrogen-bond acceptors (Lipinski definition) is 15. The number of aliphatic hydroxyl groups is 1. The number of rotatable bonds is 78. The standard InChI is InChI=1S/C80H156O17P2/c1-8-9-10-11-12-13-14-15-16-19-23-26-29-34-39-47-54-61-77(82)90-67-75(96-79(84)63-56-49-40-35-30-27-24-21-18-17-20-22-25-28-32-37-44-51-58-71(2)3)69-94-98(86,87)92-65-74(81)66-93-99(88,89)95-70-76(68-91-78(83)62-55-48-43-42-46-53-60-73(6)7)97-80(85)64-57-50-41-36-31-33-38-45-52-59-72(4)5/h71-76,81H,8-70H2,1-7H3,(H,86,87)(H,88,89)/t74-,75-,76-/m1/s1. The Morgan fingerprint density at radius 3 is 0.687 bits per heavy atom. The number of unbranched alkanes of at least 4 members (excludes halogenated alkanes) is 46. The molecule has 588 valence electrons. The van der Waals surface area contributed by atoms with E-state index in [2.05, 4.69) is 48.5 Å². The van der Waals surface area contributed by atoms with Gasteiger partial charge < -0.3 is 33.8 Å². The molecule has 0 fully saturated rings. The quantitative estimate of drug-likeness (QED) is 0.0222. The van der Waals surface area contributed by atoms with Crippen LogP contribution in [0.5, 0.6) is 0 Å². The summed E-state index contributed by atoms with van der Waals surface area (Å²) in [6.07, 6.45) is 58.6. The number of hydrogen-bond donors (Lipinski definition) is 3. The molecule has 0 saturated heterocycles. The maximum atomic E-state index is 13.1. The Balaban J connectivity index is 5.20. The highest BCUT2D eigenvalue weighted by molar-refractivity contribution is 7.47. The van der Waals surface area contributed by atoms with Gasteiger partial charge in [-0.15, -0.1) is 0 Å². The normalized spacial score (nSPS) is 14.0. The summed E-state index contributed by atoms with van der Waals surface area (Å²) in [5.74, 6) is 0.120. The van der Waals surface area contributed by atoms with E-state index in [0.717, 1.165) is 108 Å². The molecule has 0 radical (unpaired) electrons. The van der Waals surface area contributed by atoms with Crippen molar-refractivity contribution in [2.45, 2.75) is 433 Å². The fourth-order valence-electron chi connectivity index (χ4n) is 12.3. The van der Waals surface area contributed by atoms with Gasteiger partial charge in [0.1, 0.15) is 19.3 Å². The number of aliphatic hydroxyl groups excluding tert-OH is 1. The van der Waals surface area contributed by atoms with Gasteiger partial charge in [0.05, 0.1) is 26.4 Å². The average molecular weight is 1450 g/mol. The zero-order valence-corrected chi connectivity index (χ0v) is 66.8. The summed E-state index contributed by atoms with van der Waals surface area (Å²) in [6.45, 7) is 11.9. The van der Waals surface area contributed by atoms with Gasteiger partial charge in [-0.05, 0) is 43.4 Å². The lowest BCUT2D eigenvalue weighted by Crippen LogP contribution is -2.30. The van der Waals surface area contributed by atoms with Crippen molar-refractivity contribution >= 4 is 39.5 Å². The van der Waals surface area contributed by atoms with Gasteiger partial charge in [0, 0.05) is 25.7 Å². The summed E-state index contributed by atoms with van der Waals surface area (Å²) in [6, 6.07) is 0. The van der Waals surface area contributed by atoms with Crippen LogP contribution in [-0.2, 0) is 65.4 Å². The lowest BCUT2D eigenvalue weighted by molar-refractivity contribution is -0.161. The Labute approximate surface area is 607 Å². The van der Waals surface area contributed by atoms with Crippen molar-refractivity contribution in [1.29, 1.82) is 0 Å². The van der Waals surface area contributed by atoms with Crippen molar-refractivity contribution in [1.82, 2.24) is 0 Å². The second-order valence-electron chi connectivity index (χ2n) is 30.2. The molecule has 0 aliphatic rings. The van der Waals surface area contributed by atoms with Crippen molar-refractivity contribution in [3.8, 4) is 0 Å². The van der Waals surface area contributed by atoms with Gasteiger partial charge >= 0.3 is 39.5 Å². The van der Waals surface area contributed by atoms with E-state index in [1.807, 2.05) is 0 Å². The van der Waals surface area contributed by atoms with Crippen LogP contribution in [0.2, 0.25) is 0 Å². The fourth-order valence-corrected chi connectivity index (χ4v) is 13.9. The van der Waals surface area contributed by atoms with Crippen LogP contribution in [0.25, 0.3) is 0 Å². The van der Waals surface area contributed by atoms with Crippen molar-refractivity contribution < 1.29 is 80.2 Å². The van der Waals surface area contributed by atoms with Gasteiger partial charge in [0.2, 0.25) is 0 Å². The SMILES string of the molecule is CCCCCCCCCCCCCCCCCCCC(=O)OC[C@H](COP(=O)(O)OC[C@@H](O)COP(=O)(O)OC[C@@H](COC(=O)CCCCCCCCC(C)C)OC(=O)CCCCCCCCCCCC(C)C)OC(=O)CCCCCCCCCCCCCCCCCCCCC(C)C. The van der Waals surface area contributed by atoms with Crippen LogP contribution in [0.1, 0.15) is 414 Å². The molecule has 19 heteroatoms. The van der Waals surface area contributed by atoms with Crippen LogP contribution in [0.3, 0.4) is 0 Å². The third-order valence-electron chi connectivity index (χ3n) is 18.6. The maximum absolute atomic E-state index is 13.1. The van der Waals surface area contributed by atoms with Crippen LogP contribution in [0.4, 0.5) is 0 Å². The molecule has 0 rings (SSSR count). The van der Waals surface area contributed by atoms with Crippen LogP contribution < -0.4 is 0 Å². The third kappa shape index (κ3) is 74.1. The number of phosphoric acid groups is 2. The second-order valence-corrected chi connectivity index (χ2v) is 33.1. The smallest absolute Gasteiger partial charge is 0.462 e. The first-order valence-electron chi connectivity index (χ1n) is 41.3. The van der Waals surface area contributed by atoms with Crippen molar-refractivity contribution in [2.24, 2.45) is 17.8 Å². The molecule has 0 heterocycles. The zero-order chi connectivity index (χ0) is 73.0. The Kier molecular flexibility index (Phi) is 69.0. The summed E-state index contributed by atoms with van der Waals surface area (Å²) >= 11 is 0. The Hall–Kier alpha value is -1.94. The van der Waals surface area contributed by atoms with Gasteiger partial charge in [0.25, 0.3) is 0 Å². The predicted octanol–water partition coefficient (Wildman–Crippen LogP) is 23.7. The van der Waals surface area contributed by atoms with E-state index in [1.54, 1.807) is 0 Å². The van der Waals surface area contributed by atoms with E-state index in [1.165, 1.54) is 218 Å². The van der Waals surface area contributed by atoms with Gasteiger partial charge in [-0.2, -0.15) is 0 Å². The highest BCUT2D eigenvalue weighted by Crippen LogP contribution is 2.45. The summed E-state index contributed by atoms with van der Waals surface area (Å²) in [5.41, 5.74) is 0. The molecular weight excluding hydrogens is 1290 g/mol. The number of carbonyl (C=O) groups excluding carboxylic acids is 4. The molecule has 0 aromatic heterocycles. The minimum atomic E-state index is -4.96. The Morgan fingerprint density at radius 1 is 0.273 bits per heavy atom. The van der Waals surface area contributed by atoms with Crippen molar-refractivity contribution in [3.63, 3.8) is 0 Å². The van der Waals surface area contributed by atoms with E-state index in [9.17, 15) is 43.2 Å². The van der Waals surface area contributed by atoms with Gasteiger partial charge in [-0.1, -0.05) is 363 Å². The third-order valence-corrected chi connectivity index (χ3v) is 20.5. The number of phosphoric ester groups is 2. The summed E-state index contributed by atoms with van der Waals surface area (Å²) < 4.78 is 68.6. The Morgan fingerprint density at radius 2 is 0.465 bits per heavy atom. The number of esters is 4. The molecule has 3 N–H and O–H groups in total. The largest absolute Gasteiger partial charge is 0.472 e. The molecule has 0 saturated carbocycles. The molecule has 0 aliphatic heterocycles. The lowest BCUT2D eigenvalue weighted by Gasteiger charge is -2.21. The lowest BCUT2D eigenvalue weighted by atomic mass is 10.0. The highest BCUT2D eigenvalue weighted by Gasteiger charge is 2.30. The molecule has 2 unspecified atom stereocenters. The van der Waals surface area contributed by atoms with E-state index in [4.69, 9.17) is 37.0 Å². The first-order chi connectivity index (χ1) is 47.7. The minimum Gasteiger partial charge on any atom is -0.462 e. The topological polar surface area (TPSA) is 237 Å². The first-order valence-corrected chi connectivity index (χ1v) is 44.3. The monoisotopic (exact) mass is 1450 g/mol. The summed E-state index contributed by atoms with van der Waals surface area (Å²) in [5, 5.41) is 10.6. The maximum Gasteiger partial charge on any atom is 0.472 e. The van der Waals surface area contributed by atoms with Crippen LogP contribution in [0, 0.1) is 17.8 Å². The molecule has 0 amide bonds. The summed E-state index contributed by atoms with van der Waals surface area (Å²) in [7, 11) is -9.92. The van der Waals surface area contributed by atoms with Crippen LogP contribution >= 0.6 is 15.6 Å². The molecular formula is C80H156O17P2. The predicted molar refractivity (Wildman–Crippen MR) is 405 cm³/mol. The highest BCUT2D eigenvalue weighted by atomic mass is 31.2. The van der Waals surface area contributed by atoms with Crippen molar-refractivity contribution in [3.05, 3.63) is 0 Å². The number of ether oxygens (including phenoxy) is 4. The Bertz CT molecular complexity index is 1920. The van der Waals surface area contributed by atoms with Crippen LogP contribution in [0.15, 0.2) is 0 Å². The molecule has 99 heavy (non-hydrogen) atoms. The van der Waals surface area contributed by atoms with E-state index in [0.29, 0.717) is 31.6 Å². The second kappa shape index (κ2) is 70.4. The van der Waals surface area contributed by atoms with E-state index >= 15 is 0 Å². The molecule has 5 atom stereocenters. The van der Waals surface area contributed by atoms with E-state index in [-0.39, 0.29) is 25.7 Å². The first kappa shape index (κ1) is 97.1. The minimum absolute atomic E-state index is 0.104. The van der Waals surface area contributed by atoms with Crippen molar-refractivity contribution in [2.75, 3.05) is 39.6 Å².